The number of hydrogen-bond acceptors (Lipinski definition) is 3. The number of hydrogen-bond donors (Lipinski definition) is 1. The molecule has 1 aromatic rings. The summed E-state index contributed by atoms with van der Waals surface area (Å²) in [5.74, 6) is 2.96. The molecule has 0 aliphatic carbocycles. The molecule has 0 aliphatic heterocycles. The molecule has 14 heavy (non-hydrogen) atoms. The third-order valence-electron chi connectivity index (χ3n) is 1.65. The highest BCUT2D eigenvalue weighted by Gasteiger charge is 2.18. The van der Waals surface area contributed by atoms with E-state index in [0.29, 0.717) is 0 Å². The zero-order chi connectivity index (χ0) is 10.7. The summed E-state index contributed by atoms with van der Waals surface area (Å²) in [5, 5.41) is -0.338. The van der Waals surface area contributed by atoms with Crippen molar-refractivity contribution in [2.45, 2.75) is 6.61 Å². The number of rotatable bonds is 3. The zero-order valence-corrected chi connectivity index (χ0v) is 8.07. The van der Waals surface area contributed by atoms with Crippen LogP contribution in [0.15, 0.2) is 6.07 Å². The van der Waals surface area contributed by atoms with E-state index in [1.165, 1.54) is 7.11 Å². The van der Waals surface area contributed by atoms with Crippen molar-refractivity contribution in [2.75, 3.05) is 7.11 Å². The van der Waals surface area contributed by atoms with E-state index in [1.54, 1.807) is 0 Å². The first kappa shape index (κ1) is 11.2. The Bertz CT molecular complexity index is 347. The molecule has 0 aliphatic rings. The van der Waals surface area contributed by atoms with Crippen molar-refractivity contribution in [3.8, 4) is 5.75 Å². The molecule has 0 atom stereocenters. The van der Waals surface area contributed by atoms with E-state index >= 15 is 0 Å². The summed E-state index contributed by atoms with van der Waals surface area (Å²) in [6, 6.07) is 0.829. The van der Waals surface area contributed by atoms with E-state index in [1.807, 2.05) is 0 Å². The first-order valence-corrected chi connectivity index (χ1v) is 4.01. The average molecular weight is 224 g/mol. The lowest BCUT2D eigenvalue weighted by Gasteiger charge is -2.10. The van der Waals surface area contributed by atoms with Gasteiger partial charge in [-0.15, -0.1) is 0 Å². The Balaban J connectivity index is 3.32. The Kier molecular flexibility index (Phi) is 3.62. The highest BCUT2D eigenvalue weighted by molar-refractivity contribution is 6.30. The molecule has 0 radical (unpaired) electrons. The number of halogens is 3. The third-order valence-corrected chi connectivity index (χ3v) is 1.93. The normalized spacial score (nSPS) is 10.4. The van der Waals surface area contributed by atoms with E-state index in [4.69, 9.17) is 17.5 Å². The van der Waals surface area contributed by atoms with E-state index in [0.717, 1.165) is 6.07 Å². The SMILES string of the molecule is COc1c(F)cc(Cl)c(F)c1CON. The van der Waals surface area contributed by atoms with Crippen LogP contribution in [0.3, 0.4) is 0 Å². The lowest BCUT2D eigenvalue weighted by atomic mass is 10.2. The fourth-order valence-electron chi connectivity index (χ4n) is 1.06. The van der Waals surface area contributed by atoms with Gasteiger partial charge in [0.05, 0.1) is 24.3 Å². The quantitative estimate of drug-likeness (QED) is 0.630. The second-order valence-electron chi connectivity index (χ2n) is 2.48. The molecule has 3 nitrogen and oxygen atoms in total. The van der Waals surface area contributed by atoms with Crippen LogP contribution in [0.2, 0.25) is 5.02 Å². The summed E-state index contributed by atoms with van der Waals surface area (Å²) in [4.78, 5) is 4.22. The van der Waals surface area contributed by atoms with Crippen LogP contribution in [-0.4, -0.2) is 7.11 Å². The molecule has 0 unspecified atom stereocenters. The van der Waals surface area contributed by atoms with Crippen LogP contribution in [0.25, 0.3) is 0 Å². The van der Waals surface area contributed by atoms with Gasteiger partial charge in [-0.1, -0.05) is 11.6 Å². The van der Waals surface area contributed by atoms with Crippen LogP contribution >= 0.6 is 11.6 Å². The van der Waals surface area contributed by atoms with Gasteiger partial charge in [-0.25, -0.2) is 14.7 Å². The molecule has 0 bridgehead atoms. The van der Waals surface area contributed by atoms with Crippen LogP contribution in [0.5, 0.6) is 5.75 Å². The second kappa shape index (κ2) is 4.54. The van der Waals surface area contributed by atoms with Crippen molar-refractivity contribution in [1.29, 1.82) is 0 Å². The van der Waals surface area contributed by atoms with Crippen LogP contribution < -0.4 is 10.6 Å². The predicted molar refractivity (Wildman–Crippen MR) is 46.9 cm³/mol. The molecule has 1 rings (SSSR count). The van der Waals surface area contributed by atoms with E-state index in [2.05, 4.69) is 9.57 Å². The van der Waals surface area contributed by atoms with Crippen molar-refractivity contribution in [3.05, 3.63) is 28.3 Å². The zero-order valence-electron chi connectivity index (χ0n) is 7.31. The summed E-state index contributed by atoms with van der Waals surface area (Å²) >= 11 is 5.42. The van der Waals surface area contributed by atoms with Gasteiger partial charge in [0.2, 0.25) is 0 Å². The molecule has 0 spiro atoms. The topological polar surface area (TPSA) is 44.5 Å². The lowest BCUT2D eigenvalue weighted by molar-refractivity contribution is 0.119. The fourth-order valence-corrected chi connectivity index (χ4v) is 1.27. The molecule has 0 fully saturated rings. The number of ether oxygens (including phenoxy) is 1. The Morgan fingerprint density at radius 3 is 2.64 bits per heavy atom. The highest BCUT2D eigenvalue weighted by atomic mass is 35.5. The van der Waals surface area contributed by atoms with Gasteiger partial charge in [-0.05, 0) is 6.07 Å². The van der Waals surface area contributed by atoms with Crippen molar-refractivity contribution < 1.29 is 18.4 Å². The van der Waals surface area contributed by atoms with E-state index in [9.17, 15) is 8.78 Å². The molecule has 6 heteroatoms. The van der Waals surface area contributed by atoms with Crippen LogP contribution in [0.1, 0.15) is 5.56 Å². The molecular weight excluding hydrogens is 216 g/mol. The molecule has 0 amide bonds. The lowest BCUT2D eigenvalue weighted by Crippen LogP contribution is -2.05. The second-order valence-corrected chi connectivity index (χ2v) is 2.88. The predicted octanol–water partition coefficient (Wildman–Crippen LogP) is 2.02. The van der Waals surface area contributed by atoms with Gasteiger partial charge in [0.25, 0.3) is 0 Å². The van der Waals surface area contributed by atoms with Gasteiger partial charge >= 0.3 is 0 Å². The summed E-state index contributed by atoms with van der Waals surface area (Å²) in [5.41, 5.74) is -0.139. The smallest absolute Gasteiger partial charge is 0.167 e. The Morgan fingerprint density at radius 2 is 2.14 bits per heavy atom. The minimum Gasteiger partial charge on any atom is -0.493 e. The molecule has 2 N–H and O–H groups in total. The van der Waals surface area contributed by atoms with E-state index in [-0.39, 0.29) is 22.9 Å². The Labute approximate surface area is 84.3 Å². The Hall–Kier alpha value is -0.910. The maximum Gasteiger partial charge on any atom is 0.167 e. The van der Waals surface area contributed by atoms with Crippen molar-refractivity contribution in [3.63, 3.8) is 0 Å². The van der Waals surface area contributed by atoms with E-state index < -0.39 is 11.6 Å². The summed E-state index contributed by atoms with van der Waals surface area (Å²) in [6.45, 7) is -0.313. The van der Waals surface area contributed by atoms with Gasteiger partial charge in [-0.2, -0.15) is 0 Å². The molecule has 0 aromatic heterocycles. The largest absolute Gasteiger partial charge is 0.493 e. The molecule has 1 aromatic carbocycles. The van der Waals surface area contributed by atoms with Gasteiger partial charge in [0, 0.05) is 0 Å². The number of methoxy groups -OCH3 is 1. The van der Waals surface area contributed by atoms with Crippen molar-refractivity contribution >= 4 is 11.6 Å². The van der Waals surface area contributed by atoms with Gasteiger partial charge in [-0.3, -0.25) is 4.84 Å². The van der Waals surface area contributed by atoms with Crippen molar-refractivity contribution in [1.82, 2.24) is 0 Å². The standard InChI is InChI=1S/C8H8ClF2NO2/c1-13-8-4(3-14-12)7(11)5(9)2-6(8)10/h2H,3,12H2,1H3. The van der Waals surface area contributed by atoms with Gasteiger partial charge in [0.1, 0.15) is 0 Å². The average Bonchev–Trinajstić information content (AvgIpc) is 2.14. The minimum atomic E-state index is -0.796. The fraction of sp³-hybridized carbons (Fsp3) is 0.250. The Morgan fingerprint density at radius 1 is 1.50 bits per heavy atom. The summed E-state index contributed by atoms with van der Waals surface area (Å²) < 4.78 is 31.1. The molecule has 0 heterocycles. The molecule has 0 saturated heterocycles. The summed E-state index contributed by atoms with van der Waals surface area (Å²) in [7, 11) is 1.21. The summed E-state index contributed by atoms with van der Waals surface area (Å²) in [6.07, 6.45) is 0. The maximum absolute atomic E-state index is 13.3. The molecule has 78 valence electrons. The third kappa shape index (κ3) is 1.95. The highest BCUT2D eigenvalue weighted by Crippen LogP contribution is 2.30. The van der Waals surface area contributed by atoms with Crippen molar-refractivity contribution in [2.24, 2.45) is 5.90 Å². The number of nitrogens with two attached hydrogens (primary N) is 1. The van der Waals surface area contributed by atoms with Crippen LogP contribution in [0, 0.1) is 11.6 Å². The molecular formula is C8H8ClF2NO2. The first-order chi connectivity index (χ1) is 6.61. The molecule has 0 saturated carbocycles. The van der Waals surface area contributed by atoms with Crippen LogP contribution in [0.4, 0.5) is 8.78 Å². The van der Waals surface area contributed by atoms with Gasteiger partial charge in [0.15, 0.2) is 17.4 Å². The first-order valence-electron chi connectivity index (χ1n) is 3.63. The maximum atomic E-state index is 13.3. The van der Waals surface area contributed by atoms with Crippen LogP contribution in [-0.2, 0) is 11.4 Å². The number of benzene rings is 1. The minimum absolute atomic E-state index is 0.139. The van der Waals surface area contributed by atoms with Gasteiger partial charge < -0.3 is 4.74 Å². The monoisotopic (exact) mass is 223 g/mol.